The summed E-state index contributed by atoms with van der Waals surface area (Å²) in [4.78, 5) is 2.54. The summed E-state index contributed by atoms with van der Waals surface area (Å²) in [6.07, 6.45) is 3.13. The summed E-state index contributed by atoms with van der Waals surface area (Å²) in [6.45, 7) is 8.25. The van der Waals surface area contributed by atoms with E-state index in [2.05, 4.69) is 17.1 Å². The van der Waals surface area contributed by atoms with Crippen LogP contribution in [0, 0.1) is 11.3 Å². The number of aliphatic hydroxyl groups is 1. The van der Waals surface area contributed by atoms with Crippen molar-refractivity contribution in [2.45, 2.75) is 32.3 Å². The lowest BCUT2D eigenvalue weighted by molar-refractivity contribution is -0.0265. The Morgan fingerprint density at radius 1 is 1.39 bits per heavy atom. The molecule has 0 aliphatic carbocycles. The van der Waals surface area contributed by atoms with Gasteiger partial charge in [0.1, 0.15) is 0 Å². The molecule has 0 aromatic rings. The summed E-state index contributed by atoms with van der Waals surface area (Å²) < 4.78 is 5.51. The summed E-state index contributed by atoms with van der Waals surface area (Å²) >= 11 is 0. The second-order valence-corrected chi connectivity index (χ2v) is 6.21. The molecule has 0 spiro atoms. The topological polar surface area (TPSA) is 44.7 Å². The smallest absolute Gasteiger partial charge is 0.0590 e. The number of likely N-dealkylation sites (tertiary alicyclic amines) is 1. The lowest BCUT2D eigenvalue weighted by atomic mass is 9.79. The minimum Gasteiger partial charge on any atom is -0.393 e. The zero-order valence-corrected chi connectivity index (χ0v) is 11.8. The second-order valence-electron chi connectivity index (χ2n) is 6.21. The van der Waals surface area contributed by atoms with Gasteiger partial charge in [-0.2, -0.15) is 0 Å². The van der Waals surface area contributed by atoms with Crippen molar-refractivity contribution in [1.82, 2.24) is 10.2 Å². The van der Waals surface area contributed by atoms with E-state index in [1.807, 2.05) is 7.05 Å². The van der Waals surface area contributed by atoms with E-state index in [1.54, 1.807) is 0 Å². The van der Waals surface area contributed by atoms with Crippen LogP contribution in [0.3, 0.4) is 0 Å². The van der Waals surface area contributed by atoms with E-state index >= 15 is 0 Å². The van der Waals surface area contributed by atoms with E-state index in [0.717, 1.165) is 58.7 Å². The first-order chi connectivity index (χ1) is 8.65. The number of hydrogen-bond donors (Lipinski definition) is 2. The van der Waals surface area contributed by atoms with Crippen LogP contribution in [0.5, 0.6) is 0 Å². The number of nitrogens with one attached hydrogen (secondary N) is 1. The summed E-state index contributed by atoms with van der Waals surface area (Å²) in [5.74, 6) is 0.408. The molecule has 0 amide bonds. The first-order valence-corrected chi connectivity index (χ1v) is 7.28. The van der Waals surface area contributed by atoms with Crippen molar-refractivity contribution in [3.63, 3.8) is 0 Å². The molecule has 0 radical (unpaired) electrons. The fourth-order valence-electron chi connectivity index (χ4n) is 3.41. The third-order valence-electron chi connectivity index (χ3n) is 4.61. The van der Waals surface area contributed by atoms with Crippen LogP contribution >= 0.6 is 0 Å². The maximum atomic E-state index is 9.81. The maximum Gasteiger partial charge on any atom is 0.0590 e. The van der Waals surface area contributed by atoms with Gasteiger partial charge in [0.15, 0.2) is 0 Å². The van der Waals surface area contributed by atoms with Crippen LogP contribution < -0.4 is 5.32 Å². The molecular formula is C14H28N2O2. The predicted molar refractivity (Wildman–Crippen MR) is 72.6 cm³/mol. The van der Waals surface area contributed by atoms with E-state index in [9.17, 15) is 5.11 Å². The number of piperidine rings is 1. The highest BCUT2D eigenvalue weighted by Gasteiger charge is 2.35. The Balaban J connectivity index is 1.92. The Morgan fingerprint density at radius 3 is 2.72 bits per heavy atom. The molecular weight excluding hydrogens is 228 g/mol. The molecule has 0 bridgehead atoms. The highest BCUT2D eigenvalue weighted by molar-refractivity contribution is 4.89. The average Bonchev–Trinajstić information content (AvgIpc) is 2.35. The molecule has 2 N–H and O–H groups in total. The van der Waals surface area contributed by atoms with Gasteiger partial charge in [-0.25, -0.2) is 0 Å². The predicted octanol–water partition coefficient (Wildman–Crippen LogP) is 0.705. The third kappa shape index (κ3) is 3.44. The summed E-state index contributed by atoms with van der Waals surface area (Å²) in [7, 11) is 2.04. The highest BCUT2D eigenvalue weighted by atomic mass is 16.5. The van der Waals surface area contributed by atoms with E-state index in [4.69, 9.17) is 4.74 Å². The maximum absolute atomic E-state index is 9.81. The molecule has 0 saturated carbocycles. The van der Waals surface area contributed by atoms with Crippen molar-refractivity contribution in [3.05, 3.63) is 0 Å². The minimum atomic E-state index is -0.101. The van der Waals surface area contributed by atoms with Crippen LogP contribution in [0.1, 0.15) is 26.2 Å². The van der Waals surface area contributed by atoms with E-state index in [0.29, 0.717) is 11.3 Å². The van der Waals surface area contributed by atoms with Gasteiger partial charge in [0, 0.05) is 39.4 Å². The molecule has 2 heterocycles. The van der Waals surface area contributed by atoms with Crippen LogP contribution in [0.2, 0.25) is 0 Å². The first-order valence-electron chi connectivity index (χ1n) is 7.28. The van der Waals surface area contributed by atoms with Gasteiger partial charge in [-0.15, -0.1) is 0 Å². The van der Waals surface area contributed by atoms with E-state index in [1.165, 1.54) is 0 Å². The van der Waals surface area contributed by atoms with Gasteiger partial charge in [-0.05, 0) is 37.6 Å². The molecule has 4 nitrogen and oxygen atoms in total. The highest BCUT2D eigenvalue weighted by Crippen LogP contribution is 2.32. The number of ether oxygens (including phenoxy) is 1. The van der Waals surface area contributed by atoms with Gasteiger partial charge in [-0.3, -0.25) is 0 Å². The summed E-state index contributed by atoms with van der Waals surface area (Å²) in [5, 5.41) is 13.2. The number of hydrogen-bond acceptors (Lipinski definition) is 4. The van der Waals surface area contributed by atoms with Gasteiger partial charge < -0.3 is 20.1 Å². The number of aliphatic hydroxyl groups excluding tert-OH is 1. The molecule has 0 aromatic heterocycles. The van der Waals surface area contributed by atoms with Crippen LogP contribution in [0.15, 0.2) is 0 Å². The zero-order chi connectivity index (χ0) is 13.0. The van der Waals surface area contributed by atoms with Crippen molar-refractivity contribution in [3.8, 4) is 0 Å². The second kappa shape index (κ2) is 6.33. The van der Waals surface area contributed by atoms with Crippen molar-refractivity contribution in [2.24, 2.45) is 11.3 Å². The largest absolute Gasteiger partial charge is 0.393 e. The van der Waals surface area contributed by atoms with E-state index in [-0.39, 0.29) is 6.10 Å². The monoisotopic (exact) mass is 256 g/mol. The SMILES string of the molecule is CNCC1(CN2CCC(O)C(C)C2)CCOCC1. The summed E-state index contributed by atoms with van der Waals surface area (Å²) in [5.41, 5.74) is 0.370. The lowest BCUT2D eigenvalue weighted by Gasteiger charge is -2.44. The van der Waals surface area contributed by atoms with Crippen LogP contribution in [-0.2, 0) is 4.74 Å². The molecule has 2 unspecified atom stereocenters. The molecule has 2 aliphatic rings. The van der Waals surface area contributed by atoms with E-state index < -0.39 is 0 Å². The van der Waals surface area contributed by atoms with Gasteiger partial charge >= 0.3 is 0 Å². The number of rotatable bonds is 4. The Morgan fingerprint density at radius 2 is 2.11 bits per heavy atom. The zero-order valence-electron chi connectivity index (χ0n) is 11.8. The quantitative estimate of drug-likeness (QED) is 0.777. The minimum absolute atomic E-state index is 0.101. The average molecular weight is 256 g/mol. The molecule has 2 fully saturated rings. The molecule has 2 atom stereocenters. The molecule has 0 aromatic carbocycles. The Hall–Kier alpha value is -0.160. The van der Waals surface area contributed by atoms with Crippen molar-refractivity contribution >= 4 is 0 Å². The standard InChI is InChI=1S/C14H28N2O2/c1-12-9-16(6-3-13(12)17)11-14(10-15-2)4-7-18-8-5-14/h12-13,15,17H,3-11H2,1-2H3. The van der Waals surface area contributed by atoms with Gasteiger partial charge in [0.2, 0.25) is 0 Å². The molecule has 4 heteroatoms. The van der Waals surface area contributed by atoms with Gasteiger partial charge in [-0.1, -0.05) is 6.92 Å². The van der Waals surface area contributed by atoms with Crippen molar-refractivity contribution in [1.29, 1.82) is 0 Å². The van der Waals surface area contributed by atoms with Crippen LogP contribution in [0.4, 0.5) is 0 Å². The molecule has 106 valence electrons. The summed E-state index contributed by atoms with van der Waals surface area (Å²) in [6, 6.07) is 0. The van der Waals surface area contributed by atoms with Crippen LogP contribution in [-0.4, -0.2) is 62.6 Å². The first kappa shape index (κ1) is 14.3. The van der Waals surface area contributed by atoms with Crippen molar-refractivity contribution in [2.75, 3.05) is 46.4 Å². The van der Waals surface area contributed by atoms with Crippen LogP contribution in [0.25, 0.3) is 0 Å². The molecule has 2 rings (SSSR count). The molecule has 2 aliphatic heterocycles. The van der Waals surface area contributed by atoms with Gasteiger partial charge in [0.25, 0.3) is 0 Å². The fraction of sp³-hybridized carbons (Fsp3) is 1.00. The number of nitrogens with zero attached hydrogens (tertiary/aromatic N) is 1. The molecule has 18 heavy (non-hydrogen) atoms. The lowest BCUT2D eigenvalue weighted by Crippen LogP contribution is -2.51. The Bertz CT molecular complexity index is 249. The van der Waals surface area contributed by atoms with Crippen molar-refractivity contribution < 1.29 is 9.84 Å². The normalized spacial score (nSPS) is 33.5. The van der Waals surface area contributed by atoms with Gasteiger partial charge in [0.05, 0.1) is 6.10 Å². The molecule has 2 saturated heterocycles. The third-order valence-corrected chi connectivity index (χ3v) is 4.61. The fourth-order valence-corrected chi connectivity index (χ4v) is 3.41. The Kier molecular flexibility index (Phi) is 5.01. The Labute approximate surface area is 111 Å².